The maximum Gasteiger partial charge on any atom is -0.0263 e. The van der Waals surface area contributed by atoms with Crippen molar-refractivity contribution in [1.29, 1.82) is 0 Å². The van der Waals surface area contributed by atoms with Crippen LogP contribution < -0.4 is 0 Å². The Hall–Kier alpha value is -0.600. The third-order valence-electron chi connectivity index (χ3n) is 1.04. The van der Waals surface area contributed by atoms with E-state index in [0.717, 1.165) is 0 Å². The standard InChI is InChI=1S/C8H8.C3H6.2H2S/c1-2-8-6-4-3-5-7-8;1-3-2;;/h2-7H,1H2;3H,1H2,2H3;2*1H2. The third-order valence-corrected chi connectivity index (χ3v) is 1.04. The third kappa shape index (κ3) is 11.4. The van der Waals surface area contributed by atoms with Gasteiger partial charge < -0.3 is 0 Å². The summed E-state index contributed by atoms with van der Waals surface area (Å²) in [6.45, 7) is 8.88. The highest BCUT2D eigenvalue weighted by molar-refractivity contribution is 7.59. The van der Waals surface area contributed by atoms with Gasteiger partial charge in [-0.15, -0.1) is 6.58 Å². The van der Waals surface area contributed by atoms with Gasteiger partial charge in [-0.1, -0.05) is 49.1 Å². The highest BCUT2D eigenvalue weighted by Crippen LogP contribution is 1.97. The molecule has 0 saturated carbocycles. The molecule has 1 rings (SSSR count). The lowest BCUT2D eigenvalue weighted by Gasteiger charge is -1.85. The van der Waals surface area contributed by atoms with Crippen molar-refractivity contribution in [3.8, 4) is 0 Å². The van der Waals surface area contributed by atoms with Crippen LogP contribution >= 0.6 is 27.0 Å². The van der Waals surface area contributed by atoms with E-state index in [-0.39, 0.29) is 27.0 Å². The minimum absolute atomic E-state index is 0. The summed E-state index contributed by atoms with van der Waals surface area (Å²) in [6.07, 6.45) is 3.58. The molecule has 0 saturated heterocycles. The second-order valence-corrected chi connectivity index (χ2v) is 2.02. The Morgan fingerprint density at radius 3 is 1.62 bits per heavy atom. The SMILES string of the molecule is C=CC.C=Cc1ccccc1.S.S. The van der Waals surface area contributed by atoms with E-state index in [2.05, 4.69) is 13.2 Å². The molecule has 0 nitrogen and oxygen atoms in total. The first-order valence-electron chi connectivity index (χ1n) is 3.59. The lowest BCUT2D eigenvalue weighted by molar-refractivity contribution is 1.67. The van der Waals surface area contributed by atoms with Crippen molar-refractivity contribution < 1.29 is 0 Å². The molecular weight excluding hydrogens is 196 g/mol. The van der Waals surface area contributed by atoms with Gasteiger partial charge in [-0.05, 0) is 12.5 Å². The molecule has 0 radical (unpaired) electrons. The fraction of sp³-hybridized carbons (Fsp3) is 0.0909. The first kappa shape index (κ1) is 18.2. The molecule has 74 valence electrons. The van der Waals surface area contributed by atoms with Gasteiger partial charge in [-0.25, -0.2) is 0 Å². The van der Waals surface area contributed by atoms with E-state index >= 15 is 0 Å². The topological polar surface area (TPSA) is 0 Å². The molecule has 0 unspecified atom stereocenters. The summed E-state index contributed by atoms with van der Waals surface area (Å²) in [4.78, 5) is 0. The van der Waals surface area contributed by atoms with Crippen molar-refractivity contribution >= 4 is 33.1 Å². The molecule has 1 aromatic carbocycles. The van der Waals surface area contributed by atoms with E-state index in [1.54, 1.807) is 6.08 Å². The Balaban J connectivity index is -0.000000180. The summed E-state index contributed by atoms with van der Waals surface area (Å²) in [5, 5.41) is 0. The lowest BCUT2D eigenvalue weighted by Crippen LogP contribution is -1.63. The smallest absolute Gasteiger partial charge is 0.0263 e. The maximum absolute atomic E-state index is 3.63. The van der Waals surface area contributed by atoms with Crippen LogP contribution in [0.2, 0.25) is 0 Å². The molecule has 0 aliphatic carbocycles. The largest absolute Gasteiger partial charge is 0.197 e. The average molecular weight is 214 g/mol. The fourth-order valence-electron chi connectivity index (χ4n) is 0.589. The van der Waals surface area contributed by atoms with Crippen molar-refractivity contribution in [2.75, 3.05) is 0 Å². The van der Waals surface area contributed by atoms with Gasteiger partial charge in [0.05, 0.1) is 0 Å². The second kappa shape index (κ2) is 14.0. The Kier molecular flexibility index (Phi) is 19.6. The molecule has 0 amide bonds. The quantitative estimate of drug-likeness (QED) is 0.625. The number of hydrogen-bond acceptors (Lipinski definition) is 0. The number of hydrogen-bond donors (Lipinski definition) is 0. The monoisotopic (exact) mass is 214 g/mol. The molecule has 0 aliphatic heterocycles. The molecule has 2 heteroatoms. The zero-order valence-corrected chi connectivity index (χ0v) is 9.96. The molecule has 0 fully saturated rings. The molecule has 0 aromatic heterocycles. The van der Waals surface area contributed by atoms with Gasteiger partial charge in [0.1, 0.15) is 0 Å². The normalized spacial score (nSPS) is 6.23. The Morgan fingerprint density at radius 2 is 1.38 bits per heavy atom. The van der Waals surface area contributed by atoms with Gasteiger partial charge in [-0.2, -0.15) is 27.0 Å². The Labute approximate surface area is 95.3 Å². The summed E-state index contributed by atoms with van der Waals surface area (Å²) in [7, 11) is 0. The minimum Gasteiger partial charge on any atom is -0.197 e. The first-order chi connectivity index (χ1) is 5.35. The maximum atomic E-state index is 3.63. The summed E-state index contributed by atoms with van der Waals surface area (Å²) < 4.78 is 0. The van der Waals surface area contributed by atoms with E-state index in [4.69, 9.17) is 0 Å². The Bertz CT molecular complexity index is 205. The van der Waals surface area contributed by atoms with Crippen LogP contribution in [-0.2, 0) is 0 Å². The summed E-state index contributed by atoms with van der Waals surface area (Å²) >= 11 is 0. The highest BCUT2D eigenvalue weighted by atomic mass is 32.1. The van der Waals surface area contributed by atoms with E-state index in [0.29, 0.717) is 0 Å². The summed E-state index contributed by atoms with van der Waals surface area (Å²) in [5.74, 6) is 0. The molecule has 0 N–H and O–H groups in total. The van der Waals surface area contributed by atoms with Crippen LogP contribution in [0.15, 0.2) is 49.6 Å². The number of benzene rings is 1. The molecule has 0 spiro atoms. The van der Waals surface area contributed by atoms with Crippen LogP contribution in [0.1, 0.15) is 12.5 Å². The molecule has 0 atom stereocenters. The highest BCUT2D eigenvalue weighted by Gasteiger charge is 1.75. The summed E-state index contributed by atoms with van der Waals surface area (Å²) in [5.41, 5.74) is 1.17. The molecule has 1 aromatic rings. The average Bonchev–Trinajstić information content (AvgIpc) is 2.08. The van der Waals surface area contributed by atoms with Gasteiger partial charge >= 0.3 is 0 Å². The zero-order valence-electron chi connectivity index (χ0n) is 7.96. The number of allylic oxidation sites excluding steroid dienone is 1. The zero-order chi connectivity index (χ0) is 8.53. The van der Waals surface area contributed by atoms with Crippen LogP contribution in [0, 0.1) is 0 Å². The predicted molar refractivity (Wildman–Crippen MR) is 73.2 cm³/mol. The molecule has 13 heavy (non-hydrogen) atoms. The fourth-order valence-corrected chi connectivity index (χ4v) is 0.589. The molecule has 0 bridgehead atoms. The van der Waals surface area contributed by atoms with Gasteiger partial charge in [0.15, 0.2) is 0 Å². The van der Waals surface area contributed by atoms with Crippen LogP contribution in [0.25, 0.3) is 6.08 Å². The lowest BCUT2D eigenvalue weighted by atomic mass is 10.2. The van der Waals surface area contributed by atoms with Crippen LogP contribution in [0.4, 0.5) is 0 Å². The van der Waals surface area contributed by atoms with Crippen LogP contribution in [0.3, 0.4) is 0 Å². The Morgan fingerprint density at radius 1 is 1.00 bits per heavy atom. The van der Waals surface area contributed by atoms with Crippen molar-refractivity contribution in [2.45, 2.75) is 6.92 Å². The van der Waals surface area contributed by atoms with E-state index in [9.17, 15) is 0 Å². The molecule has 0 aliphatic rings. The van der Waals surface area contributed by atoms with Crippen molar-refractivity contribution in [1.82, 2.24) is 0 Å². The minimum atomic E-state index is 0. The first-order valence-corrected chi connectivity index (χ1v) is 3.59. The number of rotatable bonds is 1. The van der Waals surface area contributed by atoms with Gasteiger partial charge in [0, 0.05) is 0 Å². The summed E-state index contributed by atoms with van der Waals surface area (Å²) in [6, 6.07) is 10.0. The van der Waals surface area contributed by atoms with Crippen LogP contribution in [0.5, 0.6) is 0 Å². The second-order valence-electron chi connectivity index (χ2n) is 2.02. The van der Waals surface area contributed by atoms with Gasteiger partial charge in [0.25, 0.3) is 0 Å². The van der Waals surface area contributed by atoms with Crippen molar-refractivity contribution in [3.05, 3.63) is 55.1 Å². The van der Waals surface area contributed by atoms with Crippen LogP contribution in [-0.4, -0.2) is 0 Å². The van der Waals surface area contributed by atoms with Gasteiger partial charge in [0.2, 0.25) is 0 Å². The predicted octanol–water partition coefficient (Wildman–Crippen LogP) is 3.75. The van der Waals surface area contributed by atoms with E-state index in [1.165, 1.54) is 5.56 Å². The van der Waals surface area contributed by atoms with Crippen molar-refractivity contribution in [2.24, 2.45) is 0 Å². The molecule has 0 heterocycles. The van der Waals surface area contributed by atoms with E-state index < -0.39 is 0 Å². The van der Waals surface area contributed by atoms with Gasteiger partial charge in [-0.3, -0.25) is 0 Å². The van der Waals surface area contributed by atoms with E-state index in [1.807, 2.05) is 43.3 Å². The van der Waals surface area contributed by atoms with Crippen molar-refractivity contribution in [3.63, 3.8) is 0 Å². The molecular formula is C11H18S2.